The van der Waals surface area contributed by atoms with E-state index in [1.165, 1.54) is 0 Å². The molecule has 3 heterocycles. The number of anilines is 1. The van der Waals surface area contributed by atoms with Crippen LogP contribution < -0.4 is 5.32 Å². The fraction of sp³-hybridized carbons (Fsp3) is 0.706. The Bertz CT molecular complexity index is 797. The van der Waals surface area contributed by atoms with Gasteiger partial charge in [-0.25, -0.2) is 0 Å². The fourth-order valence-electron chi connectivity index (χ4n) is 3.33. The van der Waals surface area contributed by atoms with Gasteiger partial charge in [0.2, 0.25) is 0 Å². The van der Waals surface area contributed by atoms with E-state index >= 15 is 0 Å². The first-order chi connectivity index (χ1) is 12.0. The first-order valence-corrected chi connectivity index (χ1v) is 8.80. The zero-order valence-electron chi connectivity index (χ0n) is 15.8. The van der Waals surface area contributed by atoms with E-state index in [-0.39, 0.29) is 17.2 Å². The van der Waals surface area contributed by atoms with Crippen LogP contribution in [-0.2, 0) is 6.18 Å². The molecule has 6 nitrogen and oxygen atoms in total. The maximum absolute atomic E-state index is 13.1. The van der Waals surface area contributed by atoms with Crippen molar-refractivity contribution in [2.45, 2.75) is 65.2 Å². The van der Waals surface area contributed by atoms with Gasteiger partial charge in [0, 0.05) is 30.2 Å². The lowest BCUT2D eigenvalue weighted by Gasteiger charge is -2.41. The van der Waals surface area contributed by atoms with Crippen molar-refractivity contribution in [3.8, 4) is 0 Å². The Kier molecular flexibility index (Phi) is 4.62. The maximum atomic E-state index is 13.1. The van der Waals surface area contributed by atoms with Crippen LogP contribution >= 0.6 is 0 Å². The van der Waals surface area contributed by atoms with Crippen molar-refractivity contribution in [1.82, 2.24) is 24.7 Å². The Hall–Kier alpha value is -1.90. The summed E-state index contributed by atoms with van der Waals surface area (Å²) in [6, 6.07) is 0.183. The minimum absolute atomic E-state index is 0.124. The van der Waals surface area contributed by atoms with Crippen LogP contribution in [0.2, 0.25) is 0 Å². The number of piperidine rings is 1. The average molecular weight is 370 g/mol. The molecule has 1 aliphatic rings. The van der Waals surface area contributed by atoms with Crippen LogP contribution in [0, 0.1) is 13.8 Å². The molecule has 1 fully saturated rings. The standard InChI is InChI=1S/C17H25F3N6/c1-10-11(2)14-22-23-15(17(18,19)20)26(14)24-13(10)21-12-6-8-25(9-7-12)16(3,4)5/h12H,6-9H2,1-5H3,(H,21,24). The summed E-state index contributed by atoms with van der Waals surface area (Å²) >= 11 is 0. The molecule has 1 aliphatic heterocycles. The summed E-state index contributed by atoms with van der Waals surface area (Å²) in [6.07, 6.45) is -2.75. The van der Waals surface area contributed by atoms with Crippen LogP contribution in [-0.4, -0.2) is 49.4 Å². The molecule has 2 aromatic rings. The molecule has 0 radical (unpaired) electrons. The number of aryl methyl sites for hydroxylation is 1. The lowest BCUT2D eigenvalue weighted by Crippen LogP contribution is -2.48. The van der Waals surface area contributed by atoms with E-state index in [1.807, 2.05) is 6.92 Å². The highest BCUT2D eigenvalue weighted by atomic mass is 19.4. The van der Waals surface area contributed by atoms with Gasteiger partial charge in [0.05, 0.1) is 0 Å². The summed E-state index contributed by atoms with van der Waals surface area (Å²) in [5.74, 6) is -0.629. The summed E-state index contributed by atoms with van der Waals surface area (Å²) in [5.41, 5.74) is 1.72. The second kappa shape index (κ2) is 6.37. The van der Waals surface area contributed by atoms with Crippen LogP contribution in [0.5, 0.6) is 0 Å². The Balaban J connectivity index is 1.86. The van der Waals surface area contributed by atoms with E-state index in [1.54, 1.807) is 6.92 Å². The smallest absolute Gasteiger partial charge is 0.366 e. The normalized spacial score (nSPS) is 17.8. The molecule has 0 atom stereocenters. The van der Waals surface area contributed by atoms with Gasteiger partial charge < -0.3 is 5.32 Å². The van der Waals surface area contributed by atoms with Crippen molar-refractivity contribution in [2.75, 3.05) is 18.4 Å². The third-order valence-electron chi connectivity index (χ3n) is 5.13. The minimum Gasteiger partial charge on any atom is -0.366 e. The lowest BCUT2D eigenvalue weighted by molar-refractivity contribution is -0.146. The molecule has 0 aromatic carbocycles. The van der Waals surface area contributed by atoms with E-state index in [2.05, 4.69) is 46.3 Å². The Morgan fingerprint density at radius 3 is 2.15 bits per heavy atom. The molecule has 3 rings (SSSR count). The van der Waals surface area contributed by atoms with E-state index in [0.29, 0.717) is 11.4 Å². The maximum Gasteiger partial charge on any atom is 0.453 e. The molecule has 0 saturated carbocycles. The third-order valence-corrected chi connectivity index (χ3v) is 5.13. The number of rotatable bonds is 2. The summed E-state index contributed by atoms with van der Waals surface area (Å²) in [4.78, 5) is 2.42. The molecule has 0 bridgehead atoms. The Morgan fingerprint density at radius 1 is 1.00 bits per heavy atom. The number of fused-ring (bicyclic) bond motifs is 1. The molecule has 9 heteroatoms. The van der Waals surface area contributed by atoms with Crippen molar-refractivity contribution in [1.29, 1.82) is 0 Å². The number of nitrogens with zero attached hydrogens (tertiary/aromatic N) is 5. The molecular weight excluding hydrogens is 345 g/mol. The van der Waals surface area contributed by atoms with E-state index in [9.17, 15) is 13.2 Å². The number of aromatic nitrogens is 4. The SMILES string of the molecule is Cc1c(NC2CCN(C(C)(C)C)CC2)nn2c(C(F)(F)F)nnc2c1C. The van der Waals surface area contributed by atoms with Crippen LogP contribution in [0.1, 0.15) is 50.6 Å². The predicted molar refractivity (Wildman–Crippen MR) is 93.2 cm³/mol. The number of halogens is 3. The summed E-state index contributed by atoms with van der Waals surface area (Å²) < 4.78 is 40.2. The van der Waals surface area contributed by atoms with E-state index in [0.717, 1.165) is 36.0 Å². The average Bonchev–Trinajstić information content (AvgIpc) is 2.96. The Morgan fingerprint density at radius 2 is 1.62 bits per heavy atom. The van der Waals surface area contributed by atoms with Crippen molar-refractivity contribution < 1.29 is 13.2 Å². The molecule has 0 amide bonds. The van der Waals surface area contributed by atoms with Gasteiger partial charge >= 0.3 is 6.18 Å². The molecule has 0 aliphatic carbocycles. The molecular formula is C17H25F3N6. The highest BCUT2D eigenvalue weighted by molar-refractivity contribution is 5.58. The fourth-order valence-corrected chi connectivity index (χ4v) is 3.33. The van der Waals surface area contributed by atoms with Crippen molar-refractivity contribution in [3.63, 3.8) is 0 Å². The number of likely N-dealkylation sites (tertiary alicyclic amines) is 1. The topological polar surface area (TPSA) is 58.4 Å². The highest BCUT2D eigenvalue weighted by Gasteiger charge is 2.38. The van der Waals surface area contributed by atoms with Gasteiger partial charge in [0.15, 0.2) is 11.5 Å². The second-order valence-electron chi connectivity index (χ2n) is 7.93. The van der Waals surface area contributed by atoms with Crippen molar-refractivity contribution in [3.05, 3.63) is 17.0 Å². The zero-order chi connectivity index (χ0) is 19.3. The summed E-state index contributed by atoms with van der Waals surface area (Å²) in [5, 5.41) is 14.5. The van der Waals surface area contributed by atoms with Crippen molar-refractivity contribution >= 4 is 11.5 Å². The summed E-state index contributed by atoms with van der Waals surface area (Å²) in [6.45, 7) is 12.0. The summed E-state index contributed by atoms with van der Waals surface area (Å²) in [7, 11) is 0. The number of alkyl halides is 3. The van der Waals surface area contributed by atoms with Crippen molar-refractivity contribution in [2.24, 2.45) is 0 Å². The van der Waals surface area contributed by atoms with Gasteiger partial charge in [-0.1, -0.05) is 0 Å². The first-order valence-electron chi connectivity index (χ1n) is 8.80. The second-order valence-corrected chi connectivity index (χ2v) is 7.93. The Labute approximate surface area is 150 Å². The molecule has 1 saturated heterocycles. The first kappa shape index (κ1) is 18.9. The monoisotopic (exact) mass is 370 g/mol. The molecule has 144 valence electrons. The van der Waals surface area contributed by atoms with Gasteiger partial charge in [-0.3, -0.25) is 4.90 Å². The van der Waals surface area contributed by atoms with E-state index in [4.69, 9.17) is 0 Å². The largest absolute Gasteiger partial charge is 0.453 e. The number of nitrogens with one attached hydrogen (secondary N) is 1. The van der Waals surface area contributed by atoms with Crippen LogP contribution in [0.15, 0.2) is 0 Å². The van der Waals surface area contributed by atoms with Gasteiger partial charge in [-0.2, -0.15) is 17.7 Å². The minimum atomic E-state index is -4.59. The quantitative estimate of drug-likeness (QED) is 0.878. The van der Waals surface area contributed by atoms with Gasteiger partial charge in [0.1, 0.15) is 0 Å². The third kappa shape index (κ3) is 3.49. The zero-order valence-corrected chi connectivity index (χ0v) is 15.8. The predicted octanol–water partition coefficient (Wildman–Crippen LogP) is 3.43. The lowest BCUT2D eigenvalue weighted by atomic mass is 9.98. The van der Waals surface area contributed by atoms with Crippen LogP contribution in [0.3, 0.4) is 0 Å². The van der Waals surface area contributed by atoms with Gasteiger partial charge in [0.25, 0.3) is 5.82 Å². The molecule has 26 heavy (non-hydrogen) atoms. The van der Waals surface area contributed by atoms with E-state index < -0.39 is 12.0 Å². The number of hydrogen-bond acceptors (Lipinski definition) is 5. The van der Waals surface area contributed by atoms with Gasteiger partial charge in [-0.15, -0.1) is 15.3 Å². The molecule has 0 unspecified atom stereocenters. The molecule has 1 N–H and O–H groups in total. The number of hydrogen-bond donors (Lipinski definition) is 1. The molecule has 2 aromatic heterocycles. The van der Waals surface area contributed by atoms with Gasteiger partial charge in [-0.05, 0) is 53.0 Å². The molecule has 0 spiro atoms. The van der Waals surface area contributed by atoms with Crippen LogP contribution in [0.4, 0.5) is 19.0 Å². The highest BCUT2D eigenvalue weighted by Crippen LogP contribution is 2.30. The van der Waals surface area contributed by atoms with Crippen LogP contribution in [0.25, 0.3) is 5.65 Å².